The van der Waals surface area contributed by atoms with E-state index < -0.39 is 0 Å². The van der Waals surface area contributed by atoms with Crippen LogP contribution in [-0.2, 0) is 17.8 Å². The minimum absolute atomic E-state index is 0.0849. The van der Waals surface area contributed by atoms with Crippen LogP contribution in [-0.4, -0.2) is 31.2 Å². The third-order valence-corrected chi connectivity index (χ3v) is 3.91. The van der Waals surface area contributed by atoms with Crippen LogP contribution >= 0.6 is 0 Å². The summed E-state index contributed by atoms with van der Waals surface area (Å²) in [5.41, 5.74) is 2.61. The van der Waals surface area contributed by atoms with Crippen LogP contribution < -0.4 is 0 Å². The quantitative estimate of drug-likeness (QED) is 0.943. The topological polar surface area (TPSA) is 73.1 Å². The summed E-state index contributed by atoms with van der Waals surface area (Å²) in [7, 11) is 0. The summed E-state index contributed by atoms with van der Waals surface area (Å²) < 4.78 is 7.81. The summed E-state index contributed by atoms with van der Waals surface area (Å²) in [6, 6.07) is 0. The van der Waals surface area contributed by atoms with E-state index in [-0.39, 0.29) is 18.2 Å². The lowest BCUT2D eigenvalue weighted by atomic mass is 9.90. The van der Waals surface area contributed by atoms with Gasteiger partial charge in [-0.2, -0.15) is 0 Å². The summed E-state index contributed by atoms with van der Waals surface area (Å²) >= 11 is 0. The number of aliphatic hydroxyl groups excluding tert-OH is 1. The van der Waals surface area contributed by atoms with Crippen molar-refractivity contribution in [1.82, 2.24) is 19.5 Å². The van der Waals surface area contributed by atoms with E-state index in [1.165, 1.54) is 0 Å². The van der Waals surface area contributed by atoms with Crippen molar-refractivity contribution in [3.63, 3.8) is 0 Å². The summed E-state index contributed by atoms with van der Waals surface area (Å²) in [6.45, 7) is 7.15. The van der Waals surface area contributed by atoms with E-state index >= 15 is 0 Å². The standard InChI is InChI=1S/C16H24N4O2/c1-16(2,3)8-11-14-15(18-10-17-11)20(12(9-21)19-14)13-6-4-5-7-22-13/h10,13,21H,4-9H2,1-3H3. The predicted octanol–water partition coefficient (Wildman–Crippen LogP) is 2.61. The highest BCUT2D eigenvalue weighted by molar-refractivity contribution is 5.74. The molecule has 2 aromatic rings. The second-order valence-corrected chi connectivity index (χ2v) is 7.11. The Morgan fingerprint density at radius 3 is 2.77 bits per heavy atom. The van der Waals surface area contributed by atoms with Crippen LogP contribution in [0, 0.1) is 5.41 Å². The average Bonchev–Trinajstić information content (AvgIpc) is 2.86. The van der Waals surface area contributed by atoms with Gasteiger partial charge in [-0.3, -0.25) is 4.57 Å². The van der Waals surface area contributed by atoms with Gasteiger partial charge in [-0.25, -0.2) is 15.0 Å². The fourth-order valence-corrected chi connectivity index (χ4v) is 2.97. The number of aromatic nitrogens is 4. The molecule has 1 N–H and O–H groups in total. The number of aliphatic hydroxyl groups is 1. The first-order chi connectivity index (χ1) is 10.5. The normalized spacial score (nSPS) is 19.7. The van der Waals surface area contributed by atoms with Crippen molar-refractivity contribution in [2.75, 3.05) is 6.61 Å². The van der Waals surface area contributed by atoms with E-state index in [2.05, 4.69) is 35.7 Å². The molecule has 0 spiro atoms. The second kappa shape index (κ2) is 5.93. The van der Waals surface area contributed by atoms with Gasteiger partial charge in [-0.15, -0.1) is 0 Å². The van der Waals surface area contributed by atoms with Crippen molar-refractivity contribution in [3.05, 3.63) is 17.8 Å². The van der Waals surface area contributed by atoms with Crippen LogP contribution in [0.15, 0.2) is 6.33 Å². The van der Waals surface area contributed by atoms with Gasteiger partial charge < -0.3 is 9.84 Å². The Bertz CT molecular complexity index is 654. The van der Waals surface area contributed by atoms with Crippen LogP contribution in [0.4, 0.5) is 0 Å². The van der Waals surface area contributed by atoms with Gasteiger partial charge in [-0.1, -0.05) is 20.8 Å². The Hall–Kier alpha value is -1.53. The third kappa shape index (κ3) is 2.98. The van der Waals surface area contributed by atoms with Gasteiger partial charge in [-0.05, 0) is 31.1 Å². The monoisotopic (exact) mass is 304 g/mol. The molecule has 1 atom stereocenters. The van der Waals surface area contributed by atoms with Crippen molar-refractivity contribution < 1.29 is 9.84 Å². The zero-order valence-corrected chi connectivity index (χ0v) is 13.5. The summed E-state index contributed by atoms with van der Waals surface area (Å²) in [5.74, 6) is 0.609. The van der Waals surface area contributed by atoms with Gasteiger partial charge in [0.1, 0.15) is 30.5 Å². The van der Waals surface area contributed by atoms with Gasteiger partial charge in [0.15, 0.2) is 5.65 Å². The fourth-order valence-electron chi connectivity index (χ4n) is 2.97. The molecule has 120 valence electrons. The molecule has 2 aromatic heterocycles. The smallest absolute Gasteiger partial charge is 0.165 e. The molecule has 0 radical (unpaired) electrons. The summed E-state index contributed by atoms with van der Waals surface area (Å²) in [4.78, 5) is 13.4. The molecule has 6 nitrogen and oxygen atoms in total. The number of ether oxygens (including phenoxy) is 1. The average molecular weight is 304 g/mol. The Balaban J connectivity index is 2.09. The highest BCUT2D eigenvalue weighted by Gasteiger charge is 2.25. The fraction of sp³-hybridized carbons (Fsp3) is 0.688. The molecular formula is C16H24N4O2. The van der Waals surface area contributed by atoms with Gasteiger partial charge in [0, 0.05) is 6.61 Å². The molecule has 1 aliphatic heterocycles. The summed E-state index contributed by atoms with van der Waals surface area (Å²) in [6.07, 6.45) is 5.46. The van der Waals surface area contributed by atoms with Gasteiger partial charge in [0.05, 0.1) is 5.69 Å². The molecule has 1 aliphatic rings. The molecule has 1 unspecified atom stereocenters. The molecule has 1 saturated heterocycles. The minimum atomic E-state index is -0.120. The first kappa shape index (κ1) is 15.4. The molecule has 3 heterocycles. The lowest BCUT2D eigenvalue weighted by Crippen LogP contribution is -2.20. The lowest BCUT2D eigenvalue weighted by molar-refractivity contribution is -0.0329. The number of fused-ring (bicyclic) bond motifs is 1. The zero-order chi connectivity index (χ0) is 15.7. The molecule has 3 rings (SSSR count). The minimum Gasteiger partial charge on any atom is -0.388 e. The first-order valence-corrected chi connectivity index (χ1v) is 7.93. The van der Waals surface area contributed by atoms with E-state index in [0.717, 1.165) is 49.1 Å². The Morgan fingerprint density at radius 2 is 2.14 bits per heavy atom. The third-order valence-electron chi connectivity index (χ3n) is 3.91. The summed E-state index contributed by atoms with van der Waals surface area (Å²) in [5, 5.41) is 9.69. The van der Waals surface area contributed by atoms with Crippen molar-refractivity contribution in [2.24, 2.45) is 5.41 Å². The van der Waals surface area contributed by atoms with Gasteiger partial charge >= 0.3 is 0 Å². The maximum absolute atomic E-state index is 9.69. The number of hydrogen-bond acceptors (Lipinski definition) is 5. The van der Waals surface area contributed by atoms with E-state index in [1.54, 1.807) is 6.33 Å². The Kier molecular flexibility index (Phi) is 4.14. The lowest BCUT2D eigenvalue weighted by Gasteiger charge is -2.25. The Morgan fingerprint density at radius 1 is 1.32 bits per heavy atom. The second-order valence-electron chi connectivity index (χ2n) is 7.11. The van der Waals surface area contributed by atoms with E-state index in [1.807, 2.05) is 4.57 Å². The first-order valence-electron chi connectivity index (χ1n) is 7.93. The molecule has 1 fully saturated rings. The van der Waals surface area contributed by atoms with Crippen LogP contribution in [0.25, 0.3) is 11.2 Å². The molecule has 0 amide bonds. The molecule has 6 heteroatoms. The van der Waals surface area contributed by atoms with Crippen molar-refractivity contribution in [3.8, 4) is 0 Å². The van der Waals surface area contributed by atoms with Crippen LogP contribution in [0.3, 0.4) is 0 Å². The largest absolute Gasteiger partial charge is 0.388 e. The highest BCUT2D eigenvalue weighted by Crippen LogP contribution is 2.30. The van der Waals surface area contributed by atoms with Gasteiger partial charge in [0.2, 0.25) is 0 Å². The Labute approximate surface area is 130 Å². The molecule has 0 aliphatic carbocycles. The van der Waals surface area contributed by atoms with Crippen molar-refractivity contribution in [2.45, 2.75) is 59.3 Å². The SMILES string of the molecule is CC(C)(C)Cc1ncnc2c1nc(CO)n2C1CCCCO1. The van der Waals surface area contributed by atoms with Crippen LogP contribution in [0.2, 0.25) is 0 Å². The molecule has 0 aromatic carbocycles. The number of imidazole rings is 1. The van der Waals surface area contributed by atoms with E-state index in [4.69, 9.17) is 4.74 Å². The van der Waals surface area contributed by atoms with E-state index in [9.17, 15) is 5.11 Å². The molecule has 22 heavy (non-hydrogen) atoms. The van der Waals surface area contributed by atoms with Crippen molar-refractivity contribution in [1.29, 1.82) is 0 Å². The number of hydrogen-bond donors (Lipinski definition) is 1. The van der Waals surface area contributed by atoms with Crippen LogP contribution in [0.1, 0.15) is 57.8 Å². The van der Waals surface area contributed by atoms with Gasteiger partial charge in [0.25, 0.3) is 0 Å². The molecule has 0 bridgehead atoms. The van der Waals surface area contributed by atoms with Crippen LogP contribution in [0.5, 0.6) is 0 Å². The highest BCUT2D eigenvalue weighted by atomic mass is 16.5. The zero-order valence-electron chi connectivity index (χ0n) is 13.5. The number of nitrogens with zero attached hydrogens (tertiary/aromatic N) is 4. The molecular weight excluding hydrogens is 280 g/mol. The number of rotatable bonds is 3. The van der Waals surface area contributed by atoms with Crippen molar-refractivity contribution >= 4 is 11.2 Å². The maximum Gasteiger partial charge on any atom is 0.165 e. The molecule has 0 saturated carbocycles. The predicted molar refractivity (Wildman–Crippen MR) is 83.2 cm³/mol. The van der Waals surface area contributed by atoms with E-state index in [0.29, 0.717) is 5.82 Å². The maximum atomic E-state index is 9.69.